The maximum atomic E-state index is 11.2. The number of carbonyl (C=O) groups excluding carboxylic acids is 2. The summed E-state index contributed by atoms with van der Waals surface area (Å²) in [5.41, 5.74) is 0. The van der Waals surface area contributed by atoms with E-state index in [9.17, 15) is 9.59 Å². The molecule has 0 radical (unpaired) electrons. The summed E-state index contributed by atoms with van der Waals surface area (Å²) < 4.78 is 31.6. The molecule has 0 spiro atoms. The third-order valence-corrected chi connectivity index (χ3v) is 6.31. The fourth-order valence-corrected chi connectivity index (χ4v) is 4.79. The quantitative estimate of drug-likeness (QED) is 0.387. The van der Waals surface area contributed by atoms with Gasteiger partial charge in [0.05, 0.1) is 0 Å². The molecule has 12 nitrogen and oxygen atoms in total. The molecule has 0 amide bonds. The van der Waals surface area contributed by atoms with Gasteiger partial charge in [-0.1, -0.05) is 12.8 Å². The Morgan fingerprint density at radius 1 is 0.645 bits per heavy atom. The molecule has 4 saturated heterocycles. The number of rotatable bonds is 0. The number of hydrogen-bond donors (Lipinski definition) is 2. The highest BCUT2D eigenvalue weighted by Gasteiger charge is 2.35. The van der Waals surface area contributed by atoms with Crippen molar-refractivity contribution in [3.8, 4) is 0 Å². The van der Waals surface area contributed by atoms with E-state index in [0.717, 1.165) is 25.7 Å². The van der Waals surface area contributed by atoms with Crippen LogP contribution in [0.5, 0.6) is 0 Å². The molecule has 31 heavy (non-hydrogen) atoms. The van der Waals surface area contributed by atoms with Gasteiger partial charge in [-0.05, 0) is 39.8 Å². The second kappa shape index (κ2) is 14.9. The third-order valence-electron chi connectivity index (χ3n) is 6.31. The molecule has 4 atom stereocenters. The number of Topliss-reactive ketones (excluding diaryl/α,β-unsaturated/α-hetero) is 2. The van der Waals surface area contributed by atoms with Crippen molar-refractivity contribution in [2.75, 3.05) is 14.1 Å². The minimum Gasteiger partial charge on any atom is -0.412 e. The largest absolute Gasteiger partial charge is 0.412 e. The average molecular weight is 477 g/mol. The molecule has 0 aromatic rings. The minimum atomic E-state index is -4.67. The zero-order valence-corrected chi connectivity index (χ0v) is 19.0. The summed E-state index contributed by atoms with van der Waals surface area (Å²) in [6, 6.07) is 2.31. The molecule has 0 aliphatic carbocycles. The number of hydrogen-bond acceptors (Lipinski definition) is 6. The van der Waals surface area contributed by atoms with Gasteiger partial charge in [0.15, 0.2) is 0 Å². The number of carbonyl (C=O) groups is 2. The molecule has 4 rings (SSSR count). The lowest BCUT2D eigenvalue weighted by Gasteiger charge is -2.43. The van der Waals surface area contributed by atoms with Crippen LogP contribution in [-0.4, -0.2) is 99.1 Å². The first-order valence-corrected chi connectivity index (χ1v) is 11.1. The Bertz CT molecular complexity index is 565. The SMILES string of the molecule is CN1[C@@H]2CCC[C@H]1CC(=O)C2.CN1[C@@H]2CCC[C@H]1CC(=O)C2.O.O.O.O.O=S(=O)(O)O. The van der Waals surface area contributed by atoms with Gasteiger partial charge in [0, 0.05) is 49.9 Å². The third kappa shape index (κ3) is 11.4. The van der Waals surface area contributed by atoms with Crippen LogP contribution in [-0.2, 0) is 20.0 Å². The van der Waals surface area contributed by atoms with Gasteiger partial charge in [0.25, 0.3) is 0 Å². The van der Waals surface area contributed by atoms with Crippen LogP contribution in [0.2, 0.25) is 0 Å². The summed E-state index contributed by atoms with van der Waals surface area (Å²) in [6.07, 6.45) is 10.8. The van der Waals surface area contributed by atoms with E-state index in [1.807, 2.05) is 0 Å². The number of piperidine rings is 4. The molecule has 10 N–H and O–H groups in total. The van der Waals surface area contributed by atoms with E-state index in [0.29, 0.717) is 35.7 Å². The Kier molecular flexibility index (Phi) is 16.6. The summed E-state index contributed by atoms with van der Waals surface area (Å²) in [4.78, 5) is 27.2. The Balaban J connectivity index is -0.000000379. The predicted octanol–water partition coefficient (Wildman–Crippen LogP) is -1.55. The molecule has 188 valence electrons. The first-order chi connectivity index (χ1) is 12.5. The molecule has 4 bridgehead atoms. The monoisotopic (exact) mass is 476 g/mol. The van der Waals surface area contributed by atoms with Gasteiger partial charge in [0.1, 0.15) is 11.6 Å². The molecule has 4 aliphatic heterocycles. The van der Waals surface area contributed by atoms with Gasteiger partial charge in [-0.25, -0.2) is 0 Å². The van der Waals surface area contributed by atoms with E-state index in [1.54, 1.807) is 0 Å². The Morgan fingerprint density at radius 2 is 0.839 bits per heavy atom. The van der Waals surface area contributed by atoms with Crippen LogP contribution >= 0.6 is 0 Å². The first kappa shape index (κ1) is 34.6. The fourth-order valence-electron chi connectivity index (χ4n) is 4.79. The van der Waals surface area contributed by atoms with E-state index in [2.05, 4.69) is 23.9 Å². The van der Waals surface area contributed by atoms with Crippen LogP contribution in [0, 0.1) is 0 Å². The molecule has 0 aromatic heterocycles. The highest BCUT2D eigenvalue weighted by atomic mass is 32.3. The molecule has 4 aliphatic rings. The van der Waals surface area contributed by atoms with Crippen molar-refractivity contribution in [3.63, 3.8) is 0 Å². The van der Waals surface area contributed by atoms with E-state index in [4.69, 9.17) is 17.5 Å². The second-order valence-corrected chi connectivity index (χ2v) is 9.05. The number of fused-ring (bicyclic) bond motifs is 4. The first-order valence-electron chi connectivity index (χ1n) is 9.71. The highest BCUT2D eigenvalue weighted by Crippen LogP contribution is 2.31. The molecule has 13 heteroatoms. The lowest BCUT2D eigenvalue weighted by atomic mass is 9.84. The van der Waals surface area contributed by atoms with Crippen LogP contribution in [0.3, 0.4) is 0 Å². The van der Waals surface area contributed by atoms with Crippen LogP contribution in [0.15, 0.2) is 0 Å². The Morgan fingerprint density at radius 3 is 1.03 bits per heavy atom. The summed E-state index contributed by atoms with van der Waals surface area (Å²) in [6.45, 7) is 0. The van der Waals surface area contributed by atoms with Crippen LogP contribution in [0.1, 0.15) is 64.2 Å². The Hall–Kier alpha value is -1.03. The Labute approximate surface area is 183 Å². The zero-order chi connectivity index (χ0) is 20.2. The smallest absolute Gasteiger partial charge is 0.394 e. The van der Waals surface area contributed by atoms with Crippen LogP contribution in [0.25, 0.3) is 0 Å². The molecule has 0 aromatic carbocycles. The highest BCUT2D eigenvalue weighted by molar-refractivity contribution is 7.79. The topological polar surface area (TPSA) is 241 Å². The van der Waals surface area contributed by atoms with E-state index >= 15 is 0 Å². The molecule has 0 saturated carbocycles. The molecular formula is C18H40N2O10S. The minimum absolute atomic E-state index is 0. The lowest BCUT2D eigenvalue weighted by Crippen LogP contribution is -2.49. The van der Waals surface area contributed by atoms with Crippen molar-refractivity contribution in [2.24, 2.45) is 0 Å². The van der Waals surface area contributed by atoms with E-state index in [1.165, 1.54) is 38.5 Å². The second-order valence-electron chi connectivity index (χ2n) is 8.15. The van der Waals surface area contributed by atoms with E-state index in [-0.39, 0.29) is 21.9 Å². The van der Waals surface area contributed by atoms with Gasteiger partial charge in [0.2, 0.25) is 0 Å². The van der Waals surface area contributed by atoms with Gasteiger partial charge in [-0.15, -0.1) is 0 Å². The van der Waals surface area contributed by atoms with Crippen molar-refractivity contribution in [1.29, 1.82) is 0 Å². The normalized spacial score (nSPS) is 29.7. The molecule has 0 unspecified atom stereocenters. The molecule has 4 fully saturated rings. The standard InChI is InChI=1S/2C9H15NO.H2O4S.4H2O/c2*1-10-7-3-2-4-8(10)6-9(11)5-7;1-5(2,3)4;;;;/h2*7-8H,2-6H2,1H3;(H2,1,2,3,4);4*1H2/t2*7-,8+;;;;;. The number of ketones is 2. The van der Waals surface area contributed by atoms with Crippen molar-refractivity contribution in [1.82, 2.24) is 9.80 Å². The summed E-state index contributed by atoms with van der Waals surface area (Å²) in [5.74, 6) is 0.968. The van der Waals surface area contributed by atoms with Crippen molar-refractivity contribution in [3.05, 3.63) is 0 Å². The van der Waals surface area contributed by atoms with Gasteiger partial charge >= 0.3 is 10.4 Å². The average Bonchev–Trinajstić information content (AvgIpc) is 2.49. The van der Waals surface area contributed by atoms with Crippen molar-refractivity contribution in [2.45, 2.75) is 88.4 Å². The zero-order valence-electron chi connectivity index (χ0n) is 18.2. The summed E-state index contributed by atoms with van der Waals surface area (Å²) in [5, 5.41) is 0. The summed E-state index contributed by atoms with van der Waals surface area (Å²) >= 11 is 0. The van der Waals surface area contributed by atoms with Gasteiger partial charge in [-0.2, -0.15) is 8.42 Å². The predicted molar refractivity (Wildman–Crippen MR) is 115 cm³/mol. The summed E-state index contributed by atoms with van der Waals surface area (Å²) in [7, 11) is -0.331. The fraction of sp³-hybridized carbons (Fsp3) is 0.889. The van der Waals surface area contributed by atoms with Crippen LogP contribution in [0.4, 0.5) is 0 Å². The van der Waals surface area contributed by atoms with Crippen molar-refractivity contribution < 1.29 is 49.0 Å². The lowest BCUT2D eigenvalue weighted by molar-refractivity contribution is -0.127. The van der Waals surface area contributed by atoms with E-state index < -0.39 is 10.4 Å². The maximum absolute atomic E-state index is 11.2. The van der Waals surface area contributed by atoms with Crippen molar-refractivity contribution >= 4 is 22.0 Å². The maximum Gasteiger partial charge on any atom is 0.394 e. The van der Waals surface area contributed by atoms with Crippen LogP contribution < -0.4 is 0 Å². The molecule has 4 heterocycles. The van der Waals surface area contributed by atoms with Gasteiger partial charge < -0.3 is 21.9 Å². The number of nitrogens with zero attached hydrogens (tertiary/aromatic N) is 2. The van der Waals surface area contributed by atoms with Gasteiger partial charge in [-0.3, -0.25) is 28.5 Å². The molecular weight excluding hydrogens is 436 g/mol.